The molecule has 0 radical (unpaired) electrons. The number of rotatable bonds is 7. The van der Waals surface area contributed by atoms with Gasteiger partial charge in [-0.3, -0.25) is 0 Å². The zero-order valence-corrected chi connectivity index (χ0v) is 40.8. The smallest absolute Gasteiger partial charge is 0.136 e. The van der Waals surface area contributed by atoms with Gasteiger partial charge in [-0.25, -0.2) is 0 Å². The van der Waals surface area contributed by atoms with E-state index >= 15 is 0 Å². The molecule has 0 saturated carbocycles. The van der Waals surface area contributed by atoms with Crippen LogP contribution in [-0.2, 0) is 11.8 Å². The van der Waals surface area contributed by atoms with Crippen molar-refractivity contribution in [3.8, 4) is 33.4 Å². The summed E-state index contributed by atoms with van der Waals surface area (Å²) < 4.78 is 6.91. The van der Waals surface area contributed by atoms with Gasteiger partial charge in [0.1, 0.15) is 11.2 Å². The third-order valence-corrected chi connectivity index (χ3v) is 16.4. The first-order chi connectivity index (χ1) is 36.7. The number of para-hydroxylation sites is 2. The first-order valence-electron chi connectivity index (χ1n) is 26.0. The first kappa shape index (κ1) is 42.4. The third kappa shape index (κ3) is 6.31. The van der Waals surface area contributed by atoms with Crippen LogP contribution in [0.3, 0.4) is 0 Å². The lowest BCUT2D eigenvalue weighted by atomic mass is 9.67. The second-order valence-electron chi connectivity index (χ2n) is 20.1. The van der Waals surface area contributed by atoms with Crippen LogP contribution >= 0.6 is 0 Å². The first-order valence-corrected chi connectivity index (χ1v) is 26.0. The molecule has 0 spiro atoms. The Morgan fingerprint density at radius 1 is 0.392 bits per heavy atom. The maximum Gasteiger partial charge on any atom is 0.136 e. The van der Waals surface area contributed by atoms with Gasteiger partial charge < -0.3 is 9.32 Å². The molecule has 0 saturated heterocycles. The Morgan fingerprint density at radius 3 is 1.70 bits per heavy atom. The average Bonchev–Trinajstić information content (AvgIpc) is 3.97. The molecule has 2 heteroatoms. The van der Waals surface area contributed by atoms with Crippen LogP contribution < -0.4 is 4.90 Å². The van der Waals surface area contributed by atoms with Gasteiger partial charge in [0.2, 0.25) is 0 Å². The Bertz CT molecular complexity index is 4260. The van der Waals surface area contributed by atoms with Crippen LogP contribution in [0.1, 0.15) is 51.3 Å². The van der Waals surface area contributed by atoms with Crippen molar-refractivity contribution in [3.63, 3.8) is 0 Å². The number of hydrogen-bond acceptors (Lipinski definition) is 2. The summed E-state index contributed by atoms with van der Waals surface area (Å²) in [4.78, 5) is 2.52. The Labute approximate surface area is 431 Å². The molecule has 15 rings (SSSR count). The van der Waals surface area contributed by atoms with Crippen LogP contribution in [0.25, 0.3) is 76.9 Å². The second kappa shape index (κ2) is 16.9. The molecule has 0 N–H and O–H groups in total. The molecule has 348 valence electrons. The van der Waals surface area contributed by atoms with Gasteiger partial charge in [-0.1, -0.05) is 218 Å². The minimum absolute atomic E-state index is 0.0809. The van der Waals surface area contributed by atoms with Crippen LogP contribution in [0.4, 0.5) is 17.1 Å². The lowest BCUT2D eigenvalue weighted by Crippen LogP contribution is -2.28. The molecule has 1 aromatic heterocycles. The summed E-state index contributed by atoms with van der Waals surface area (Å²) in [6.07, 6.45) is 1.80. The van der Waals surface area contributed by atoms with E-state index in [0.29, 0.717) is 0 Å². The van der Waals surface area contributed by atoms with Crippen LogP contribution in [0.5, 0.6) is 0 Å². The summed E-state index contributed by atoms with van der Waals surface area (Å²) in [5, 5.41) is 7.26. The minimum Gasteiger partial charge on any atom is -0.456 e. The van der Waals surface area contributed by atoms with Crippen LogP contribution in [0.2, 0.25) is 0 Å². The van der Waals surface area contributed by atoms with E-state index in [-0.39, 0.29) is 5.92 Å². The molecule has 0 bridgehead atoms. The van der Waals surface area contributed by atoms with Crippen LogP contribution in [0, 0.1) is 0 Å². The van der Waals surface area contributed by atoms with Crippen molar-refractivity contribution in [1.29, 1.82) is 0 Å². The van der Waals surface area contributed by atoms with Gasteiger partial charge in [-0.2, -0.15) is 0 Å². The molecule has 2 nitrogen and oxygen atoms in total. The molecule has 13 aromatic rings. The number of nitrogens with zero attached hydrogens (tertiary/aromatic N) is 1. The summed E-state index contributed by atoms with van der Waals surface area (Å²) in [5.41, 5.74) is 21.4. The van der Waals surface area contributed by atoms with Gasteiger partial charge in [0.15, 0.2) is 0 Å². The monoisotopic (exact) mass is 943 g/mol. The fourth-order valence-corrected chi connectivity index (χ4v) is 13.3. The van der Waals surface area contributed by atoms with E-state index < -0.39 is 5.41 Å². The van der Waals surface area contributed by atoms with E-state index in [9.17, 15) is 0 Å². The van der Waals surface area contributed by atoms with Crippen LogP contribution in [-0.4, -0.2) is 0 Å². The number of fused-ring (bicyclic) bond motifs is 12. The van der Waals surface area contributed by atoms with Crippen molar-refractivity contribution < 1.29 is 4.42 Å². The van der Waals surface area contributed by atoms with Gasteiger partial charge in [0.05, 0.1) is 11.1 Å². The van der Waals surface area contributed by atoms with Gasteiger partial charge in [-0.05, 0) is 150 Å². The zero-order valence-electron chi connectivity index (χ0n) is 40.8. The molecule has 0 aliphatic heterocycles. The fraction of sp³-hybridized carbons (Fsp3) is 0.0556. The zero-order chi connectivity index (χ0) is 48.7. The molecular weight excluding hydrogens is 895 g/mol. The highest BCUT2D eigenvalue weighted by Crippen LogP contribution is 2.58. The molecule has 0 fully saturated rings. The number of benzene rings is 12. The number of hydrogen-bond donors (Lipinski definition) is 0. The molecule has 2 aliphatic rings. The van der Waals surface area contributed by atoms with Crippen molar-refractivity contribution in [1.82, 2.24) is 0 Å². The van der Waals surface area contributed by atoms with Crippen molar-refractivity contribution >= 4 is 60.5 Å². The Balaban J connectivity index is 1.01. The van der Waals surface area contributed by atoms with Crippen molar-refractivity contribution in [2.75, 3.05) is 4.90 Å². The van der Waals surface area contributed by atoms with Crippen LogP contribution in [0.15, 0.2) is 271 Å². The van der Waals surface area contributed by atoms with E-state index in [2.05, 4.69) is 272 Å². The van der Waals surface area contributed by atoms with E-state index in [0.717, 1.165) is 46.2 Å². The summed E-state index contributed by atoms with van der Waals surface area (Å²) in [7, 11) is 0. The van der Waals surface area contributed by atoms with E-state index in [1.165, 1.54) is 99.6 Å². The highest BCUT2D eigenvalue weighted by molar-refractivity contribution is 6.23. The maximum absolute atomic E-state index is 6.91. The second-order valence-corrected chi connectivity index (χ2v) is 20.1. The molecule has 1 atom stereocenters. The van der Waals surface area contributed by atoms with Gasteiger partial charge >= 0.3 is 0 Å². The minimum atomic E-state index is -0.498. The third-order valence-electron chi connectivity index (χ3n) is 16.4. The number of anilines is 3. The van der Waals surface area contributed by atoms with Crippen molar-refractivity contribution in [3.05, 3.63) is 306 Å². The van der Waals surface area contributed by atoms with E-state index in [4.69, 9.17) is 4.42 Å². The fourth-order valence-electron chi connectivity index (χ4n) is 13.3. The molecule has 1 heterocycles. The predicted molar refractivity (Wildman–Crippen MR) is 308 cm³/mol. The maximum atomic E-state index is 6.91. The summed E-state index contributed by atoms with van der Waals surface area (Å²) in [6, 6.07) is 99.2. The largest absolute Gasteiger partial charge is 0.456 e. The standard InChI is InChI=1S/C72H49NO/c1-4-21-47(22-5-1)55-44-39-49-46-67-70(60-33-16-19-38-66(60)74-67)71(62-45-48-23-10-11-28-54(48)56-29-12-13-30-57(56)62)68(49)61-34-20-37-65(69(55)61)73(52-26-8-3-9-27-52)53-42-40-51(41-43-53)72(50-24-6-2-7-25-50)63-35-17-14-31-58(63)59-32-15-18-36-64(59)72/h1-38,40-43,45-46,55H,39,44H2. The van der Waals surface area contributed by atoms with Crippen molar-refractivity contribution in [2.45, 2.75) is 24.2 Å². The Hall–Kier alpha value is -9.24. The molecule has 2 aliphatic carbocycles. The Morgan fingerprint density at radius 2 is 0.959 bits per heavy atom. The lowest BCUT2D eigenvalue weighted by Gasteiger charge is -2.35. The van der Waals surface area contributed by atoms with Gasteiger partial charge in [-0.15, -0.1) is 0 Å². The van der Waals surface area contributed by atoms with E-state index in [1.54, 1.807) is 0 Å². The summed E-state index contributed by atoms with van der Waals surface area (Å²) in [5.74, 6) is 0.0809. The van der Waals surface area contributed by atoms with Gasteiger partial charge in [0.25, 0.3) is 0 Å². The van der Waals surface area contributed by atoms with Crippen molar-refractivity contribution in [2.24, 2.45) is 0 Å². The SMILES string of the molecule is c1ccc(C2CCc3cc4oc5ccccc5c4c(-c4cc5ccccc5c5ccccc45)c3-c3cccc(N(c4ccccc4)c4ccc(C5(c6ccccc6)c6ccccc6-c6ccccc65)cc4)c32)cc1. The summed E-state index contributed by atoms with van der Waals surface area (Å²) >= 11 is 0. The van der Waals surface area contributed by atoms with Gasteiger partial charge in [0, 0.05) is 33.6 Å². The molecule has 12 aromatic carbocycles. The quantitative estimate of drug-likeness (QED) is 0.148. The Kier molecular flexibility index (Phi) is 9.72. The molecule has 1 unspecified atom stereocenters. The number of aryl methyl sites for hydroxylation is 1. The average molecular weight is 944 g/mol. The predicted octanol–water partition coefficient (Wildman–Crippen LogP) is 19.1. The topological polar surface area (TPSA) is 16.4 Å². The number of furan rings is 1. The highest BCUT2D eigenvalue weighted by atomic mass is 16.3. The summed E-state index contributed by atoms with van der Waals surface area (Å²) in [6.45, 7) is 0. The highest BCUT2D eigenvalue weighted by Gasteiger charge is 2.46. The normalized spacial score (nSPS) is 14.4. The molecule has 0 amide bonds. The van der Waals surface area contributed by atoms with E-state index in [1.807, 2.05) is 0 Å². The lowest BCUT2D eigenvalue weighted by molar-refractivity contribution is 0.667. The molecular formula is C72H49NO. The molecule has 74 heavy (non-hydrogen) atoms.